The van der Waals surface area contributed by atoms with Gasteiger partial charge in [0.05, 0.1) is 23.8 Å². The van der Waals surface area contributed by atoms with Crippen LogP contribution >= 0.6 is 0 Å². The van der Waals surface area contributed by atoms with E-state index in [9.17, 15) is 4.79 Å². The first-order valence-electron chi connectivity index (χ1n) is 9.15. The Bertz CT molecular complexity index is 751. The average Bonchev–Trinajstić information content (AvgIpc) is 2.87. The lowest BCUT2D eigenvalue weighted by atomic mass is 10.1. The van der Waals surface area contributed by atoms with Crippen LogP contribution < -0.4 is 5.32 Å². The van der Waals surface area contributed by atoms with Crippen molar-refractivity contribution in [2.24, 2.45) is 5.92 Å². The lowest BCUT2D eigenvalue weighted by molar-refractivity contribution is -0.0295. The van der Waals surface area contributed by atoms with E-state index in [-0.39, 0.29) is 12.0 Å². The highest BCUT2D eigenvalue weighted by molar-refractivity contribution is 6.06. The maximum absolute atomic E-state index is 12.7. The zero-order valence-corrected chi connectivity index (χ0v) is 15.7. The summed E-state index contributed by atoms with van der Waals surface area (Å²) < 4.78 is 5.82. The van der Waals surface area contributed by atoms with Crippen LogP contribution in [0, 0.1) is 19.8 Å². The van der Waals surface area contributed by atoms with Crippen molar-refractivity contribution >= 4 is 16.8 Å². The van der Waals surface area contributed by atoms with E-state index >= 15 is 0 Å². The first-order valence-corrected chi connectivity index (χ1v) is 9.15. The number of nitrogens with one attached hydrogen (secondary N) is 2. The molecule has 0 bridgehead atoms. The zero-order valence-electron chi connectivity index (χ0n) is 15.7. The number of aromatic nitrogens is 1. The number of hydrogen-bond donors (Lipinski definition) is 2. The fourth-order valence-corrected chi connectivity index (χ4v) is 3.56. The number of carbonyl (C=O) groups is 1. The molecule has 1 saturated heterocycles. The number of nitrogens with zero attached hydrogens (tertiary/aromatic N) is 1. The Morgan fingerprint density at radius 3 is 2.96 bits per heavy atom. The number of hydrogen-bond acceptors (Lipinski definition) is 3. The van der Waals surface area contributed by atoms with Gasteiger partial charge in [0.2, 0.25) is 0 Å². The molecule has 5 heteroatoms. The van der Waals surface area contributed by atoms with Crippen LogP contribution in [0.3, 0.4) is 0 Å². The maximum Gasteiger partial charge on any atom is 0.253 e. The van der Waals surface area contributed by atoms with Gasteiger partial charge >= 0.3 is 0 Å². The molecule has 1 fully saturated rings. The van der Waals surface area contributed by atoms with Crippen LogP contribution in [0.1, 0.15) is 35.5 Å². The van der Waals surface area contributed by atoms with E-state index in [1.54, 1.807) is 0 Å². The smallest absolute Gasteiger partial charge is 0.253 e. The molecule has 1 aromatic heterocycles. The second-order valence-corrected chi connectivity index (χ2v) is 7.46. The van der Waals surface area contributed by atoms with Crippen LogP contribution in [0.4, 0.5) is 0 Å². The number of H-pyrrole nitrogens is 1. The highest BCUT2D eigenvalue weighted by Crippen LogP contribution is 2.24. The van der Waals surface area contributed by atoms with Gasteiger partial charge in [-0.2, -0.15) is 0 Å². The molecule has 0 saturated carbocycles. The predicted octanol–water partition coefficient (Wildman–Crippen LogP) is 2.87. The van der Waals surface area contributed by atoms with Crippen molar-refractivity contribution in [3.8, 4) is 0 Å². The Morgan fingerprint density at radius 2 is 2.20 bits per heavy atom. The van der Waals surface area contributed by atoms with E-state index < -0.39 is 0 Å². The van der Waals surface area contributed by atoms with Crippen molar-refractivity contribution in [3.05, 3.63) is 35.0 Å². The molecule has 5 nitrogen and oxygen atoms in total. The summed E-state index contributed by atoms with van der Waals surface area (Å²) >= 11 is 0. The van der Waals surface area contributed by atoms with Crippen molar-refractivity contribution in [1.82, 2.24) is 15.2 Å². The van der Waals surface area contributed by atoms with Gasteiger partial charge in [0.25, 0.3) is 5.91 Å². The first-order chi connectivity index (χ1) is 12.0. The molecule has 2 N–H and O–H groups in total. The number of aryl methyl sites for hydroxylation is 2. The Kier molecular flexibility index (Phi) is 5.45. The second-order valence-electron chi connectivity index (χ2n) is 7.46. The molecule has 3 rings (SSSR count). The lowest BCUT2D eigenvalue weighted by Gasteiger charge is -2.33. The third-order valence-corrected chi connectivity index (χ3v) is 4.92. The largest absolute Gasteiger partial charge is 0.374 e. The SMILES string of the molecule is Cc1[nH]c2c(C(=O)NC[C@@H]3CN(CC(C)C)CCO3)cccc2c1C. The van der Waals surface area contributed by atoms with Gasteiger partial charge < -0.3 is 15.0 Å². The summed E-state index contributed by atoms with van der Waals surface area (Å²) in [6.45, 7) is 12.8. The number of benzene rings is 1. The van der Waals surface area contributed by atoms with Crippen LogP contribution in [0.15, 0.2) is 18.2 Å². The molecule has 25 heavy (non-hydrogen) atoms. The van der Waals surface area contributed by atoms with Crippen molar-refractivity contribution in [1.29, 1.82) is 0 Å². The molecule has 0 radical (unpaired) electrons. The minimum Gasteiger partial charge on any atom is -0.374 e. The summed E-state index contributed by atoms with van der Waals surface area (Å²) in [5, 5.41) is 4.17. The highest BCUT2D eigenvalue weighted by Gasteiger charge is 2.22. The fourth-order valence-electron chi connectivity index (χ4n) is 3.56. The molecule has 1 amide bonds. The van der Waals surface area contributed by atoms with Crippen molar-refractivity contribution < 1.29 is 9.53 Å². The van der Waals surface area contributed by atoms with Gasteiger partial charge in [0, 0.05) is 37.3 Å². The van der Waals surface area contributed by atoms with E-state index in [1.807, 2.05) is 19.1 Å². The van der Waals surface area contributed by atoms with Gasteiger partial charge in [0.1, 0.15) is 0 Å². The minimum absolute atomic E-state index is 0.0450. The van der Waals surface area contributed by atoms with E-state index in [4.69, 9.17) is 4.74 Å². The summed E-state index contributed by atoms with van der Waals surface area (Å²) in [5.74, 6) is 0.599. The summed E-state index contributed by atoms with van der Waals surface area (Å²) in [4.78, 5) is 18.4. The van der Waals surface area contributed by atoms with E-state index in [1.165, 1.54) is 5.56 Å². The van der Waals surface area contributed by atoms with Gasteiger partial charge in [-0.25, -0.2) is 0 Å². The first kappa shape index (κ1) is 18.0. The Labute approximate surface area is 149 Å². The maximum atomic E-state index is 12.7. The Morgan fingerprint density at radius 1 is 1.40 bits per heavy atom. The van der Waals surface area contributed by atoms with E-state index in [0.717, 1.165) is 42.8 Å². The van der Waals surface area contributed by atoms with Gasteiger partial charge in [-0.15, -0.1) is 0 Å². The summed E-state index contributed by atoms with van der Waals surface area (Å²) in [6, 6.07) is 5.87. The van der Waals surface area contributed by atoms with Gasteiger partial charge in [-0.05, 0) is 31.4 Å². The van der Waals surface area contributed by atoms with Crippen LogP contribution in [0.2, 0.25) is 0 Å². The predicted molar refractivity (Wildman–Crippen MR) is 101 cm³/mol. The number of para-hydroxylation sites is 1. The van der Waals surface area contributed by atoms with Crippen LogP contribution in [0.25, 0.3) is 10.9 Å². The van der Waals surface area contributed by atoms with Gasteiger partial charge in [-0.3, -0.25) is 9.69 Å². The van der Waals surface area contributed by atoms with Crippen molar-refractivity contribution in [2.75, 3.05) is 32.8 Å². The average molecular weight is 343 g/mol. The number of fused-ring (bicyclic) bond motifs is 1. The number of morpholine rings is 1. The number of rotatable bonds is 5. The quantitative estimate of drug-likeness (QED) is 0.878. The van der Waals surface area contributed by atoms with Crippen LogP contribution in [-0.2, 0) is 4.74 Å². The molecule has 0 aliphatic carbocycles. The molecule has 2 aromatic rings. The molecular formula is C20H29N3O2. The number of ether oxygens (including phenoxy) is 1. The third-order valence-electron chi connectivity index (χ3n) is 4.92. The molecule has 1 aliphatic rings. The molecule has 1 aliphatic heterocycles. The lowest BCUT2D eigenvalue weighted by Crippen LogP contribution is -2.48. The standard InChI is InChI=1S/C20H29N3O2/c1-13(2)11-23-8-9-25-16(12-23)10-21-20(24)18-7-5-6-17-14(3)15(4)22-19(17)18/h5-7,13,16,22H,8-12H2,1-4H3,(H,21,24)/t16-/m1/s1. The Hall–Kier alpha value is -1.85. The monoisotopic (exact) mass is 343 g/mol. The minimum atomic E-state index is -0.0450. The van der Waals surface area contributed by atoms with Crippen LogP contribution in [-0.4, -0.2) is 54.7 Å². The number of carbonyl (C=O) groups excluding carboxylic acids is 1. The molecule has 136 valence electrons. The molecule has 1 aromatic carbocycles. The van der Waals surface area contributed by atoms with Crippen molar-refractivity contribution in [3.63, 3.8) is 0 Å². The fraction of sp³-hybridized carbons (Fsp3) is 0.550. The van der Waals surface area contributed by atoms with Gasteiger partial charge in [-0.1, -0.05) is 26.0 Å². The Balaban J connectivity index is 1.64. The normalized spacial score (nSPS) is 18.8. The van der Waals surface area contributed by atoms with Crippen molar-refractivity contribution in [2.45, 2.75) is 33.8 Å². The molecular weight excluding hydrogens is 314 g/mol. The summed E-state index contributed by atoms with van der Waals surface area (Å²) in [5.41, 5.74) is 3.92. The summed E-state index contributed by atoms with van der Waals surface area (Å²) in [7, 11) is 0. The van der Waals surface area contributed by atoms with E-state index in [2.05, 4.69) is 42.0 Å². The number of aromatic amines is 1. The summed E-state index contributed by atoms with van der Waals surface area (Å²) in [6.07, 6.45) is 0.0581. The molecule has 2 heterocycles. The molecule has 1 atom stereocenters. The topological polar surface area (TPSA) is 57.4 Å². The third kappa shape index (κ3) is 4.05. The molecule has 0 unspecified atom stereocenters. The highest BCUT2D eigenvalue weighted by atomic mass is 16.5. The number of amides is 1. The second kappa shape index (κ2) is 7.58. The zero-order chi connectivity index (χ0) is 18.0. The van der Waals surface area contributed by atoms with E-state index in [0.29, 0.717) is 18.0 Å². The van der Waals surface area contributed by atoms with Gasteiger partial charge in [0.15, 0.2) is 0 Å². The molecule has 0 spiro atoms. The van der Waals surface area contributed by atoms with Crippen LogP contribution in [0.5, 0.6) is 0 Å².